The molecule has 12 nitrogen and oxygen atoms in total. The van der Waals surface area contributed by atoms with Crippen LogP contribution in [0.25, 0.3) is 0 Å². The lowest BCUT2D eigenvalue weighted by Crippen LogP contribution is -2.40. The van der Waals surface area contributed by atoms with Crippen LogP contribution in [0.3, 0.4) is 0 Å². The summed E-state index contributed by atoms with van der Waals surface area (Å²) < 4.78 is 52.9. The average molecular weight is 1070 g/mol. The molecule has 0 unspecified atom stereocenters. The Balaban J connectivity index is 0.000000207. The van der Waals surface area contributed by atoms with Gasteiger partial charge in [0.25, 0.3) is 0 Å². The summed E-state index contributed by atoms with van der Waals surface area (Å²) in [6.45, 7) is 16.9. The van der Waals surface area contributed by atoms with Crippen LogP contribution >= 0.6 is 45.8 Å². The van der Waals surface area contributed by atoms with Crippen molar-refractivity contribution in [2.45, 2.75) is 79.5 Å². The Morgan fingerprint density at radius 3 is 1.41 bits per heavy atom. The predicted octanol–water partition coefficient (Wildman–Crippen LogP) is 14.1. The molecule has 348 valence electrons. The van der Waals surface area contributed by atoms with Crippen LogP contribution in [0.15, 0.2) is 110 Å². The number of pyridine rings is 7. The van der Waals surface area contributed by atoms with Crippen molar-refractivity contribution in [3.63, 3.8) is 0 Å². The molecular weight excluding hydrogens is 1020 g/mol. The van der Waals surface area contributed by atoms with E-state index in [1.165, 1.54) is 19.6 Å². The highest BCUT2D eigenvalue weighted by Gasteiger charge is 2.45. The first-order valence-electron chi connectivity index (χ1n) is 20.1. The number of ether oxygens (including phenoxy) is 3. The van der Waals surface area contributed by atoms with Gasteiger partial charge < -0.3 is 24.6 Å². The standard InChI is InChI=1S/C20H22N4O2.C12H11ClN2O.C11H8ClIN2O.C4H9F3Si/c1-13-5-6-17(14(2)23-13)26-16-8-10-22-19(12-16)24-15-7-9-21-18(11-15)20(3,4)25;1-8-3-4-11(9(2)15-8)16-10-5-6-14-12(13)7-10;1-7-2-3-9(11(13)15-7)16-8-4-5-14-10(12)6-8;1-8(2,3)4(5,6)7/h5-12,25H,1-4H3,(H,21,22,24);3-7H,1-2H3;2-6H,1H3;1-3H3. The third kappa shape index (κ3) is 17.7. The van der Waals surface area contributed by atoms with E-state index < -0.39 is 19.5 Å². The Hall–Kier alpha value is -5.47. The normalized spacial score (nSPS) is 11.1. The van der Waals surface area contributed by atoms with E-state index in [1.807, 2.05) is 83.1 Å². The van der Waals surface area contributed by atoms with Gasteiger partial charge in [-0.3, -0.25) is 15.0 Å². The number of nitrogens with zero attached hydrogens (tertiary/aromatic N) is 7. The van der Waals surface area contributed by atoms with E-state index in [1.54, 1.807) is 75.0 Å². The Morgan fingerprint density at radius 1 is 0.576 bits per heavy atom. The minimum absolute atomic E-state index is 0.410. The number of anilines is 2. The summed E-state index contributed by atoms with van der Waals surface area (Å²) in [5.74, 6) is 0.841. The van der Waals surface area contributed by atoms with Crippen LogP contribution in [-0.4, -0.2) is 53.9 Å². The van der Waals surface area contributed by atoms with Crippen LogP contribution in [0.5, 0.6) is 34.5 Å². The summed E-state index contributed by atoms with van der Waals surface area (Å²) in [6.07, 6.45) is 6.53. The second-order valence-electron chi connectivity index (χ2n) is 16.0. The van der Waals surface area contributed by atoms with E-state index in [9.17, 15) is 18.3 Å². The minimum Gasteiger partial charge on any atom is -0.455 e. The van der Waals surface area contributed by atoms with Gasteiger partial charge in [-0.05, 0) is 138 Å². The van der Waals surface area contributed by atoms with Crippen molar-refractivity contribution in [2.75, 3.05) is 5.32 Å². The molecule has 19 heteroatoms. The van der Waals surface area contributed by atoms with Crippen molar-refractivity contribution >= 4 is 65.4 Å². The number of rotatable bonds is 9. The Bertz CT molecular complexity index is 2600. The zero-order valence-electron chi connectivity index (χ0n) is 38.0. The average Bonchev–Trinajstić information content (AvgIpc) is 3.21. The fourth-order valence-electron chi connectivity index (χ4n) is 4.96. The molecular formula is C47H50Cl2F3IN8O4Si. The molecule has 0 radical (unpaired) electrons. The molecule has 0 aliphatic carbocycles. The quantitative estimate of drug-likeness (QED) is 0.0805. The van der Waals surface area contributed by atoms with Crippen LogP contribution in [0.2, 0.25) is 29.9 Å². The fraction of sp³-hybridized carbons (Fsp3) is 0.255. The van der Waals surface area contributed by atoms with Gasteiger partial charge in [0, 0.05) is 65.8 Å². The first-order valence-corrected chi connectivity index (χ1v) is 25.5. The van der Waals surface area contributed by atoms with Gasteiger partial charge in [-0.2, -0.15) is 13.2 Å². The molecule has 7 aromatic heterocycles. The third-order valence-electron chi connectivity index (χ3n) is 8.63. The van der Waals surface area contributed by atoms with Crippen LogP contribution in [0.1, 0.15) is 48.0 Å². The lowest BCUT2D eigenvalue weighted by atomic mass is 10.0. The van der Waals surface area contributed by atoms with E-state index in [0.29, 0.717) is 50.6 Å². The molecule has 0 saturated carbocycles. The van der Waals surface area contributed by atoms with Gasteiger partial charge in [0.2, 0.25) is 0 Å². The van der Waals surface area contributed by atoms with Crippen LogP contribution in [0, 0.1) is 38.3 Å². The number of alkyl halides is 3. The van der Waals surface area contributed by atoms with E-state index in [-0.39, 0.29) is 0 Å². The molecule has 0 saturated heterocycles. The van der Waals surface area contributed by atoms with E-state index in [0.717, 1.165) is 43.6 Å². The molecule has 2 N–H and O–H groups in total. The van der Waals surface area contributed by atoms with Crippen LogP contribution in [0.4, 0.5) is 24.7 Å². The van der Waals surface area contributed by atoms with Crippen molar-refractivity contribution in [2.24, 2.45) is 0 Å². The van der Waals surface area contributed by atoms with Gasteiger partial charge >= 0.3 is 5.80 Å². The van der Waals surface area contributed by atoms with Crippen molar-refractivity contribution in [3.8, 4) is 34.5 Å². The second-order valence-corrected chi connectivity index (χ2v) is 22.9. The number of aromatic nitrogens is 7. The van der Waals surface area contributed by atoms with Gasteiger partial charge in [-0.1, -0.05) is 42.8 Å². The molecule has 0 atom stereocenters. The van der Waals surface area contributed by atoms with E-state index in [2.05, 4.69) is 62.8 Å². The molecule has 0 bridgehead atoms. The zero-order valence-corrected chi connectivity index (χ0v) is 42.6. The van der Waals surface area contributed by atoms with Crippen molar-refractivity contribution in [3.05, 3.63) is 158 Å². The number of aliphatic hydroxyl groups is 1. The first-order chi connectivity index (χ1) is 30.9. The number of hydrogen-bond acceptors (Lipinski definition) is 12. The Morgan fingerprint density at radius 2 is 0.985 bits per heavy atom. The van der Waals surface area contributed by atoms with Gasteiger partial charge in [0.05, 0.1) is 17.1 Å². The molecule has 7 aromatic rings. The summed E-state index contributed by atoms with van der Waals surface area (Å²) in [4.78, 5) is 29.3. The maximum Gasteiger partial charge on any atom is 0.360 e. The van der Waals surface area contributed by atoms with Crippen LogP contribution in [-0.2, 0) is 5.60 Å². The van der Waals surface area contributed by atoms with Gasteiger partial charge in [0.15, 0.2) is 13.8 Å². The van der Waals surface area contributed by atoms with Crippen molar-refractivity contribution in [1.29, 1.82) is 0 Å². The second kappa shape index (κ2) is 23.8. The van der Waals surface area contributed by atoms with E-state index in [4.69, 9.17) is 37.4 Å². The molecule has 66 heavy (non-hydrogen) atoms. The molecule has 0 aromatic carbocycles. The highest BCUT2D eigenvalue weighted by molar-refractivity contribution is 14.1. The van der Waals surface area contributed by atoms with Crippen LogP contribution < -0.4 is 19.5 Å². The number of nitrogens with one attached hydrogen (secondary N) is 1. The van der Waals surface area contributed by atoms with Gasteiger partial charge in [-0.15, -0.1) is 0 Å². The molecule has 0 fully saturated rings. The summed E-state index contributed by atoms with van der Waals surface area (Å²) in [7, 11) is -2.86. The Kier molecular flexibility index (Phi) is 19.2. The van der Waals surface area contributed by atoms with Gasteiger partial charge in [-0.25, -0.2) is 19.9 Å². The highest BCUT2D eigenvalue weighted by Crippen LogP contribution is 2.30. The fourth-order valence-corrected chi connectivity index (χ4v) is 5.96. The predicted molar refractivity (Wildman–Crippen MR) is 264 cm³/mol. The molecule has 7 heterocycles. The van der Waals surface area contributed by atoms with E-state index >= 15 is 0 Å². The largest absolute Gasteiger partial charge is 0.455 e. The highest BCUT2D eigenvalue weighted by atomic mass is 127. The zero-order chi connectivity index (χ0) is 48.8. The van der Waals surface area contributed by atoms with Gasteiger partial charge in [0.1, 0.15) is 54.2 Å². The summed E-state index contributed by atoms with van der Waals surface area (Å²) >= 11 is 13.7. The molecule has 0 aliphatic heterocycles. The molecule has 7 rings (SSSR count). The SMILES string of the molecule is C[Si](C)(C)C(F)(F)F.Cc1ccc(Oc2ccnc(Cl)c2)c(C)n1.Cc1ccc(Oc2ccnc(Cl)c2)c(I)n1.Cc1ccc(Oc2ccnc(Nc3ccnc(C(C)(C)O)c3)c2)c(C)n1. The first kappa shape index (κ1) is 53.1. The Labute approximate surface area is 407 Å². The molecule has 0 amide bonds. The lowest BCUT2D eigenvalue weighted by Gasteiger charge is -2.19. The van der Waals surface area contributed by atoms with Crippen molar-refractivity contribution in [1.82, 2.24) is 34.9 Å². The number of hydrogen-bond donors (Lipinski definition) is 2. The summed E-state index contributed by atoms with van der Waals surface area (Å²) in [5.41, 5.74) is 4.93. The summed E-state index contributed by atoms with van der Waals surface area (Å²) in [6, 6.07) is 25.5. The lowest BCUT2D eigenvalue weighted by molar-refractivity contribution is -0.0552. The summed E-state index contributed by atoms with van der Waals surface area (Å²) in [5, 5.41) is 14.1. The molecule has 0 spiro atoms. The number of aryl methyl sites for hydroxylation is 5. The maximum absolute atomic E-state index is 11.6. The monoisotopic (exact) mass is 1070 g/mol. The smallest absolute Gasteiger partial charge is 0.360 e. The maximum atomic E-state index is 11.6. The number of halogens is 6. The molecule has 0 aliphatic rings. The topological polar surface area (TPSA) is 150 Å². The van der Waals surface area contributed by atoms with Crippen molar-refractivity contribution < 1.29 is 32.5 Å². The minimum atomic E-state index is -3.92. The third-order valence-corrected chi connectivity index (χ3v) is 11.5.